The lowest BCUT2D eigenvalue weighted by Gasteiger charge is -2.36. The number of nitrogens with one attached hydrogen (secondary N) is 1. The number of hydrogen-bond acceptors (Lipinski definition) is 4. The predicted molar refractivity (Wildman–Crippen MR) is 92.3 cm³/mol. The molecular formula is C16H25NOS2. The quantitative estimate of drug-likeness (QED) is 0.899. The van der Waals surface area contributed by atoms with Crippen LogP contribution in [0.5, 0.6) is 5.75 Å². The largest absolute Gasteiger partial charge is 0.497 e. The van der Waals surface area contributed by atoms with E-state index in [1.54, 1.807) is 7.11 Å². The fraction of sp³-hybridized carbons (Fsp3) is 0.625. The highest BCUT2D eigenvalue weighted by Crippen LogP contribution is 2.37. The Morgan fingerprint density at radius 1 is 1.35 bits per heavy atom. The van der Waals surface area contributed by atoms with E-state index in [1.807, 2.05) is 6.07 Å². The van der Waals surface area contributed by atoms with E-state index in [0.29, 0.717) is 11.3 Å². The van der Waals surface area contributed by atoms with Crippen LogP contribution in [0.2, 0.25) is 0 Å². The summed E-state index contributed by atoms with van der Waals surface area (Å²) in [5.41, 5.74) is 1.35. The second kappa shape index (κ2) is 7.62. The molecule has 1 saturated heterocycles. The second-order valence-electron chi connectivity index (χ2n) is 5.37. The molecule has 0 aliphatic carbocycles. The molecular weight excluding hydrogens is 286 g/mol. The minimum absolute atomic E-state index is 0.523. The van der Waals surface area contributed by atoms with Crippen molar-refractivity contribution >= 4 is 23.5 Å². The van der Waals surface area contributed by atoms with Gasteiger partial charge in [-0.05, 0) is 31.2 Å². The zero-order valence-corrected chi connectivity index (χ0v) is 14.4. The normalized spacial score (nSPS) is 28.1. The van der Waals surface area contributed by atoms with Gasteiger partial charge in [0.05, 0.1) is 7.11 Å². The number of benzene rings is 1. The molecule has 1 N–H and O–H groups in total. The third kappa shape index (κ3) is 4.09. The monoisotopic (exact) mass is 311 g/mol. The summed E-state index contributed by atoms with van der Waals surface area (Å²) in [7, 11) is 3.81. The first-order valence-electron chi connectivity index (χ1n) is 7.21. The Balaban J connectivity index is 2.01. The van der Waals surface area contributed by atoms with Gasteiger partial charge in [-0.25, -0.2) is 0 Å². The van der Waals surface area contributed by atoms with E-state index in [9.17, 15) is 0 Å². The van der Waals surface area contributed by atoms with Gasteiger partial charge in [0, 0.05) is 27.5 Å². The van der Waals surface area contributed by atoms with Crippen molar-refractivity contribution in [2.24, 2.45) is 0 Å². The Kier molecular flexibility index (Phi) is 6.12. The average Bonchev–Trinajstić information content (AvgIpc) is 2.48. The number of ether oxygens (including phenoxy) is 1. The molecule has 0 spiro atoms. The maximum absolute atomic E-state index is 5.32. The van der Waals surface area contributed by atoms with Crippen molar-refractivity contribution in [2.45, 2.75) is 42.1 Å². The van der Waals surface area contributed by atoms with Gasteiger partial charge < -0.3 is 10.1 Å². The summed E-state index contributed by atoms with van der Waals surface area (Å²) in [6.07, 6.45) is 1.06. The maximum atomic E-state index is 5.32. The topological polar surface area (TPSA) is 21.3 Å². The maximum Gasteiger partial charge on any atom is 0.119 e. The first-order valence-corrected chi connectivity index (χ1v) is 9.20. The molecule has 2 rings (SSSR count). The standard InChI is InChI=1S/C16H25NOS2/c1-11-12(2)20-16(10-19-11)15(17-3)9-13-6-5-7-14(8-13)18-4/h5-8,11-12,15-17H,9-10H2,1-4H3. The van der Waals surface area contributed by atoms with Gasteiger partial charge in [-0.2, -0.15) is 23.5 Å². The second-order valence-corrected chi connectivity index (χ2v) is 8.40. The average molecular weight is 312 g/mol. The molecule has 4 atom stereocenters. The van der Waals surface area contributed by atoms with Gasteiger partial charge in [0.25, 0.3) is 0 Å². The highest BCUT2D eigenvalue weighted by molar-refractivity contribution is 8.07. The Morgan fingerprint density at radius 2 is 2.15 bits per heavy atom. The number of likely N-dealkylation sites (N-methyl/N-ethyl adjacent to an activating group) is 1. The minimum atomic E-state index is 0.523. The molecule has 1 aromatic carbocycles. The number of thioether (sulfide) groups is 2. The highest BCUT2D eigenvalue weighted by Gasteiger charge is 2.30. The third-order valence-corrected chi connectivity index (χ3v) is 7.53. The van der Waals surface area contributed by atoms with Crippen molar-refractivity contribution in [3.05, 3.63) is 29.8 Å². The van der Waals surface area contributed by atoms with Crippen LogP contribution in [0.15, 0.2) is 24.3 Å². The molecule has 1 heterocycles. The molecule has 2 nitrogen and oxygen atoms in total. The summed E-state index contributed by atoms with van der Waals surface area (Å²) >= 11 is 4.25. The molecule has 0 saturated carbocycles. The van der Waals surface area contributed by atoms with Gasteiger partial charge in [0.15, 0.2) is 0 Å². The molecule has 0 amide bonds. The van der Waals surface area contributed by atoms with Crippen molar-refractivity contribution in [2.75, 3.05) is 19.9 Å². The van der Waals surface area contributed by atoms with Gasteiger partial charge in [-0.3, -0.25) is 0 Å². The van der Waals surface area contributed by atoms with E-state index in [2.05, 4.69) is 67.9 Å². The number of rotatable bonds is 5. The van der Waals surface area contributed by atoms with Gasteiger partial charge in [-0.1, -0.05) is 26.0 Å². The van der Waals surface area contributed by atoms with Crippen molar-refractivity contribution in [3.63, 3.8) is 0 Å². The van der Waals surface area contributed by atoms with E-state index in [-0.39, 0.29) is 0 Å². The zero-order valence-electron chi connectivity index (χ0n) is 12.8. The van der Waals surface area contributed by atoms with Crippen LogP contribution in [0.4, 0.5) is 0 Å². The molecule has 4 unspecified atom stereocenters. The molecule has 1 aliphatic heterocycles. The summed E-state index contributed by atoms with van der Waals surface area (Å²) in [5, 5.41) is 5.71. The Morgan fingerprint density at radius 3 is 2.80 bits per heavy atom. The lowest BCUT2D eigenvalue weighted by atomic mass is 10.0. The van der Waals surface area contributed by atoms with E-state index >= 15 is 0 Å². The molecule has 1 fully saturated rings. The predicted octanol–water partition coefficient (Wildman–Crippen LogP) is 3.45. The summed E-state index contributed by atoms with van der Waals surface area (Å²) in [6, 6.07) is 8.95. The molecule has 0 aromatic heterocycles. The summed E-state index contributed by atoms with van der Waals surface area (Å²) in [5.74, 6) is 2.19. The molecule has 20 heavy (non-hydrogen) atoms. The molecule has 1 aromatic rings. The van der Waals surface area contributed by atoms with Gasteiger partial charge in [0.2, 0.25) is 0 Å². The molecule has 112 valence electrons. The van der Waals surface area contributed by atoms with Crippen LogP contribution in [0, 0.1) is 0 Å². The molecule has 4 heteroatoms. The third-order valence-electron chi connectivity index (χ3n) is 3.98. The Hall–Kier alpha value is -0.320. The van der Waals surface area contributed by atoms with E-state index in [0.717, 1.165) is 22.7 Å². The van der Waals surface area contributed by atoms with Crippen molar-refractivity contribution < 1.29 is 4.74 Å². The fourth-order valence-corrected chi connectivity index (χ4v) is 5.66. The highest BCUT2D eigenvalue weighted by atomic mass is 32.2. The Labute approximate surface area is 131 Å². The fourth-order valence-electron chi connectivity index (χ4n) is 2.49. The molecule has 0 radical (unpaired) electrons. The van der Waals surface area contributed by atoms with Crippen LogP contribution in [0.25, 0.3) is 0 Å². The van der Waals surface area contributed by atoms with Crippen LogP contribution in [-0.4, -0.2) is 41.7 Å². The van der Waals surface area contributed by atoms with Crippen LogP contribution in [0.1, 0.15) is 19.4 Å². The first-order chi connectivity index (χ1) is 9.63. The summed E-state index contributed by atoms with van der Waals surface area (Å²) in [6.45, 7) is 4.70. The van der Waals surface area contributed by atoms with Crippen LogP contribution < -0.4 is 10.1 Å². The summed E-state index contributed by atoms with van der Waals surface area (Å²) < 4.78 is 5.32. The smallest absolute Gasteiger partial charge is 0.119 e. The van der Waals surface area contributed by atoms with Gasteiger partial charge >= 0.3 is 0 Å². The molecule has 1 aliphatic rings. The van der Waals surface area contributed by atoms with Crippen molar-refractivity contribution in [1.29, 1.82) is 0 Å². The minimum Gasteiger partial charge on any atom is -0.497 e. The van der Waals surface area contributed by atoms with Crippen molar-refractivity contribution in [3.8, 4) is 5.75 Å². The lowest BCUT2D eigenvalue weighted by Crippen LogP contribution is -2.43. The van der Waals surface area contributed by atoms with Gasteiger partial charge in [-0.15, -0.1) is 0 Å². The van der Waals surface area contributed by atoms with Crippen LogP contribution >= 0.6 is 23.5 Å². The van der Waals surface area contributed by atoms with E-state index in [1.165, 1.54) is 11.3 Å². The van der Waals surface area contributed by atoms with Crippen molar-refractivity contribution in [1.82, 2.24) is 5.32 Å². The first kappa shape index (κ1) is 16.1. The van der Waals surface area contributed by atoms with Gasteiger partial charge in [0.1, 0.15) is 5.75 Å². The number of methoxy groups -OCH3 is 1. The van der Waals surface area contributed by atoms with E-state index in [4.69, 9.17) is 4.74 Å². The zero-order chi connectivity index (χ0) is 14.5. The molecule has 0 bridgehead atoms. The van der Waals surface area contributed by atoms with Crippen LogP contribution in [-0.2, 0) is 6.42 Å². The number of hydrogen-bond donors (Lipinski definition) is 1. The van der Waals surface area contributed by atoms with E-state index < -0.39 is 0 Å². The SMILES string of the molecule is CNC(Cc1cccc(OC)c1)C1CSC(C)C(C)S1. The Bertz CT molecular complexity index is 427. The lowest BCUT2D eigenvalue weighted by molar-refractivity contribution is 0.414. The van der Waals surface area contributed by atoms with Crippen LogP contribution in [0.3, 0.4) is 0 Å². The summed E-state index contributed by atoms with van der Waals surface area (Å²) in [4.78, 5) is 0.